The van der Waals surface area contributed by atoms with Gasteiger partial charge in [-0.15, -0.1) is 0 Å². The van der Waals surface area contributed by atoms with Crippen LogP contribution in [-0.4, -0.2) is 11.6 Å². The van der Waals surface area contributed by atoms with Crippen molar-refractivity contribution < 1.29 is 9.59 Å². The predicted octanol–water partition coefficient (Wildman–Crippen LogP) is 2.30. The largest absolute Gasteiger partial charge is 0.401 e. The van der Waals surface area contributed by atoms with E-state index in [1.165, 1.54) is 0 Å². The van der Waals surface area contributed by atoms with Gasteiger partial charge in [-0.1, -0.05) is 25.5 Å². The first kappa shape index (κ1) is 14.3. The van der Waals surface area contributed by atoms with Crippen molar-refractivity contribution in [3.63, 3.8) is 0 Å². The molecule has 1 fully saturated rings. The summed E-state index contributed by atoms with van der Waals surface area (Å²) in [6, 6.07) is 7.34. The van der Waals surface area contributed by atoms with Gasteiger partial charge in [0.05, 0.1) is 5.57 Å². The second kappa shape index (κ2) is 5.90. The molecule has 2 rings (SSSR count). The molecule has 4 N–H and O–H groups in total. The number of Topliss-reactive ketones (excluding diaryl/α,β-unsaturated/α-hetero) is 2. The average Bonchev–Trinajstić information content (AvgIpc) is 2.39. The van der Waals surface area contributed by atoms with Crippen LogP contribution >= 0.6 is 0 Å². The molecule has 4 heteroatoms. The van der Waals surface area contributed by atoms with E-state index in [4.69, 9.17) is 11.5 Å². The summed E-state index contributed by atoms with van der Waals surface area (Å²) >= 11 is 0. The zero-order valence-electron chi connectivity index (χ0n) is 11.7. The Labute approximate surface area is 118 Å². The first-order chi connectivity index (χ1) is 9.52. The lowest BCUT2D eigenvalue weighted by Crippen LogP contribution is -2.27. The van der Waals surface area contributed by atoms with Crippen molar-refractivity contribution in [2.24, 2.45) is 5.73 Å². The van der Waals surface area contributed by atoms with Crippen molar-refractivity contribution >= 4 is 17.3 Å². The topological polar surface area (TPSA) is 86.2 Å². The molecule has 1 aromatic rings. The second-order valence-electron chi connectivity index (χ2n) is 5.27. The van der Waals surface area contributed by atoms with Gasteiger partial charge in [0.15, 0.2) is 11.6 Å². The van der Waals surface area contributed by atoms with Crippen LogP contribution in [0.5, 0.6) is 0 Å². The fraction of sp³-hybridized carbons (Fsp3) is 0.375. The third-order valence-electron chi connectivity index (χ3n) is 3.67. The van der Waals surface area contributed by atoms with E-state index in [1.807, 2.05) is 19.1 Å². The molecular formula is C16H20N2O2. The fourth-order valence-electron chi connectivity index (χ4n) is 2.64. The highest BCUT2D eigenvalue weighted by Gasteiger charge is 2.32. The quantitative estimate of drug-likeness (QED) is 0.502. The van der Waals surface area contributed by atoms with E-state index in [-0.39, 0.29) is 23.1 Å². The third-order valence-corrected chi connectivity index (χ3v) is 3.67. The minimum Gasteiger partial charge on any atom is -0.401 e. The van der Waals surface area contributed by atoms with E-state index in [0.717, 1.165) is 12.0 Å². The number of rotatable bonds is 3. The Bertz CT molecular complexity index is 538. The van der Waals surface area contributed by atoms with Crippen LogP contribution < -0.4 is 11.5 Å². The van der Waals surface area contributed by atoms with E-state index in [1.54, 1.807) is 12.1 Å². The Balaban J connectivity index is 2.22. The lowest BCUT2D eigenvalue weighted by atomic mass is 9.79. The summed E-state index contributed by atoms with van der Waals surface area (Å²) in [4.78, 5) is 24.4. The predicted molar refractivity (Wildman–Crippen MR) is 79.0 cm³/mol. The van der Waals surface area contributed by atoms with Crippen molar-refractivity contribution in [2.75, 3.05) is 5.73 Å². The van der Waals surface area contributed by atoms with Crippen LogP contribution in [0.3, 0.4) is 0 Å². The molecule has 1 saturated carbocycles. The normalized spacial score (nSPS) is 19.2. The molecule has 4 nitrogen and oxygen atoms in total. The fourth-order valence-corrected chi connectivity index (χ4v) is 2.64. The van der Waals surface area contributed by atoms with E-state index < -0.39 is 0 Å². The van der Waals surface area contributed by atoms with Gasteiger partial charge in [-0.05, 0) is 30.0 Å². The van der Waals surface area contributed by atoms with Gasteiger partial charge in [0.2, 0.25) is 0 Å². The zero-order chi connectivity index (χ0) is 14.7. The van der Waals surface area contributed by atoms with E-state index in [2.05, 4.69) is 0 Å². The van der Waals surface area contributed by atoms with Crippen molar-refractivity contribution in [3.8, 4) is 0 Å². The van der Waals surface area contributed by atoms with Gasteiger partial charge in [0, 0.05) is 24.2 Å². The number of anilines is 1. The lowest BCUT2D eigenvalue weighted by molar-refractivity contribution is -0.124. The number of hydrogen-bond acceptors (Lipinski definition) is 4. The maximum Gasteiger partial charge on any atom is 0.168 e. The number of carbonyl (C=O) groups excluding carboxylic acids is 2. The number of nitrogens with two attached hydrogens (primary N) is 2. The molecule has 0 saturated heterocycles. The Hall–Kier alpha value is -2.10. The Morgan fingerprint density at radius 2 is 1.70 bits per heavy atom. The SMILES string of the molecule is CCCC(N)=C1C(=O)CC(c2ccc(N)cc2)CC1=O. The maximum absolute atomic E-state index is 12.2. The molecule has 0 heterocycles. The van der Waals surface area contributed by atoms with Crippen LogP contribution in [0.25, 0.3) is 0 Å². The van der Waals surface area contributed by atoms with Crippen LogP contribution in [0.15, 0.2) is 35.5 Å². The maximum atomic E-state index is 12.2. The Kier molecular flexibility index (Phi) is 4.23. The van der Waals surface area contributed by atoms with Crippen LogP contribution in [0.4, 0.5) is 5.69 Å². The molecule has 0 aliphatic heterocycles. The molecule has 20 heavy (non-hydrogen) atoms. The molecule has 0 amide bonds. The van der Waals surface area contributed by atoms with E-state index in [0.29, 0.717) is 30.6 Å². The summed E-state index contributed by atoms with van der Waals surface area (Å²) in [6.07, 6.45) is 2.11. The summed E-state index contributed by atoms with van der Waals surface area (Å²) in [6.45, 7) is 1.97. The van der Waals surface area contributed by atoms with Crippen LogP contribution in [-0.2, 0) is 9.59 Å². The summed E-state index contributed by atoms with van der Waals surface area (Å²) in [7, 11) is 0. The summed E-state index contributed by atoms with van der Waals surface area (Å²) < 4.78 is 0. The lowest BCUT2D eigenvalue weighted by Gasteiger charge is -2.23. The summed E-state index contributed by atoms with van der Waals surface area (Å²) in [5.74, 6) is -0.322. The van der Waals surface area contributed by atoms with Crippen molar-refractivity contribution in [3.05, 3.63) is 41.1 Å². The van der Waals surface area contributed by atoms with Gasteiger partial charge in [0.1, 0.15) is 0 Å². The molecule has 0 atom stereocenters. The van der Waals surface area contributed by atoms with Gasteiger partial charge in [-0.3, -0.25) is 9.59 Å². The van der Waals surface area contributed by atoms with Gasteiger partial charge in [-0.25, -0.2) is 0 Å². The number of ketones is 2. The minimum absolute atomic E-state index is 0.0613. The highest BCUT2D eigenvalue weighted by molar-refractivity contribution is 6.22. The third kappa shape index (κ3) is 2.90. The smallest absolute Gasteiger partial charge is 0.168 e. The molecule has 0 unspecified atom stereocenters. The number of benzene rings is 1. The molecule has 1 aliphatic carbocycles. The molecule has 1 aliphatic rings. The Morgan fingerprint density at radius 1 is 1.15 bits per heavy atom. The highest BCUT2D eigenvalue weighted by atomic mass is 16.1. The molecule has 0 aromatic heterocycles. The number of nitrogen functional groups attached to an aromatic ring is 1. The van der Waals surface area contributed by atoms with E-state index in [9.17, 15) is 9.59 Å². The number of hydrogen-bond donors (Lipinski definition) is 2. The van der Waals surface area contributed by atoms with Gasteiger partial charge >= 0.3 is 0 Å². The van der Waals surface area contributed by atoms with Crippen LogP contribution in [0.1, 0.15) is 44.1 Å². The monoisotopic (exact) mass is 272 g/mol. The highest BCUT2D eigenvalue weighted by Crippen LogP contribution is 2.32. The molecule has 0 bridgehead atoms. The molecule has 0 radical (unpaired) electrons. The molecule has 1 aromatic carbocycles. The molecular weight excluding hydrogens is 252 g/mol. The van der Waals surface area contributed by atoms with Crippen LogP contribution in [0, 0.1) is 0 Å². The number of carbonyl (C=O) groups is 2. The first-order valence-electron chi connectivity index (χ1n) is 6.93. The first-order valence-corrected chi connectivity index (χ1v) is 6.93. The second-order valence-corrected chi connectivity index (χ2v) is 5.27. The summed E-state index contributed by atoms with van der Waals surface area (Å²) in [5, 5.41) is 0. The van der Waals surface area contributed by atoms with Gasteiger partial charge in [0.25, 0.3) is 0 Å². The van der Waals surface area contributed by atoms with Crippen molar-refractivity contribution in [1.29, 1.82) is 0 Å². The van der Waals surface area contributed by atoms with Crippen molar-refractivity contribution in [1.82, 2.24) is 0 Å². The Morgan fingerprint density at radius 3 is 2.20 bits per heavy atom. The minimum atomic E-state index is -0.131. The number of allylic oxidation sites excluding steroid dienone is 2. The standard InChI is InChI=1S/C16H20N2O2/c1-2-3-13(18)16-14(19)8-11(9-15(16)20)10-4-6-12(17)7-5-10/h4-7,11H,2-3,8-9,17-18H2,1H3. The van der Waals surface area contributed by atoms with Crippen LogP contribution in [0.2, 0.25) is 0 Å². The summed E-state index contributed by atoms with van der Waals surface area (Å²) in [5.41, 5.74) is 13.8. The van der Waals surface area contributed by atoms with Crippen molar-refractivity contribution in [2.45, 2.75) is 38.5 Å². The molecule has 106 valence electrons. The van der Waals surface area contributed by atoms with E-state index >= 15 is 0 Å². The zero-order valence-corrected chi connectivity index (χ0v) is 11.7. The average molecular weight is 272 g/mol. The van der Waals surface area contributed by atoms with Gasteiger partial charge in [-0.2, -0.15) is 0 Å². The van der Waals surface area contributed by atoms with Gasteiger partial charge < -0.3 is 11.5 Å². The molecule has 0 spiro atoms.